The number of hydrogen-bond acceptors (Lipinski definition) is 7. The van der Waals surface area contributed by atoms with Crippen molar-refractivity contribution in [2.75, 3.05) is 20.2 Å². The SMILES string of the molecule is COc1ccc(CN2CCC(C3(N)C=CN=C(N)C3[N+](=O)[O-])CC2)c(F)c1. The monoisotopic (exact) mass is 377 g/mol. The maximum absolute atomic E-state index is 14.2. The van der Waals surface area contributed by atoms with Crippen LogP contribution in [0.15, 0.2) is 35.5 Å². The summed E-state index contributed by atoms with van der Waals surface area (Å²) in [5.74, 6) is 0.0106. The van der Waals surface area contributed by atoms with Gasteiger partial charge in [-0.1, -0.05) is 6.07 Å². The molecule has 2 unspecified atom stereocenters. The molecule has 1 aromatic rings. The molecule has 3 rings (SSSR count). The van der Waals surface area contributed by atoms with Crippen LogP contribution in [0.25, 0.3) is 0 Å². The van der Waals surface area contributed by atoms with Gasteiger partial charge in [-0.2, -0.15) is 0 Å². The summed E-state index contributed by atoms with van der Waals surface area (Å²) < 4.78 is 19.2. The molecule has 0 bridgehead atoms. The molecule has 0 radical (unpaired) electrons. The number of halogens is 1. The molecule has 0 saturated carbocycles. The van der Waals surface area contributed by atoms with Crippen LogP contribution in [-0.2, 0) is 6.54 Å². The second kappa shape index (κ2) is 7.61. The van der Waals surface area contributed by atoms with E-state index in [1.54, 1.807) is 18.2 Å². The van der Waals surface area contributed by atoms with Crippen molar-refractivity contribution in [1.82, 2.24) is 4.90 Å². The van der Waals surface area contributed by atoms with E-state index in [0.717, 1.165) is 0 Å². The highest BCUT2D eigenvalue weighted by Crippen LogP contribution is 2.34. The van der Waals surface area contributed by atoms with Crippen molar-refractivity contribution in [2.45, 2.75) is 31.0 Å². The number of nitrogens with two attached hydrogens (primary N) is 2. The number of nitrogens with zero attached hydrogens (tertiary/aromatic N) is 3. The average Bonchev–Trinajstić information content (AvgIpc) is 2.63. The first-order valence-corrected chi connectivity index (χ1v) is 8.83. The zero-order chi connectivity index (χ0) is 19.6. The lowest BCUT2D eigenvalue weighted by Crippen LogP contribution is -2.65. The molecule has 9 heteroatoms. The molecule has 146 valence electrons. The zero-order valence-corrected chi connectivity index (χ0v) is 15.2. The second-order valence-electron chi connectivity index (χ2n) is 7.07. The number of piperidine rings is 1. The van der Waals surface area contributed by atoms with Crippen molar-refractivity contribution in [1.29, 1.82) is 0 Å². The summed E-state index contributed by atoms with van der Waals surface area (Å²) in [5.41, 5.74) is 11.6. The Bertz CT molecular complexity index is 776. The quantitative estimate of drug-likeness (QED) is 0.589. The number of aliphatic imine (C=N–C) groups is 1. The van der Waals surface area contributed by atoms with Gasteiger partial charge in [0.05, 0.1) is 7.11 Å². The van der Waals surface area contributed by atoms with Gasteiger partial charge < -0.3 is 16.2 Å². The summed E-state index contributed by atoms with van der Waals surface area (Å²) in [5, 5.41) is 11.5. The van der Waals surface area contributed by atoms with Gasteiger partial charge in [0.1, 0.15) is 17.1 Å². The number of methoxy groups -OCH3 is 1. The van der Waals surface area contributed by atoms with E-state index in [9.17, 15) is 14.5 Å². The lowest BCUT2D eigenvalue weighted by molar-refractivity contribution is -0.513. The number of likely N-dealkylation sites (tertiary alicyclic amines) is 1. The van der Waals surface area contributed by atoms with Crippen LogP contribution in [-0.4, -0.2) is 47.4 Å². The van der Waals surface area contributed by atoms with Crippen molar-refractivity contribution in [2.24, 2.45) is 22.4 Å². The van der Waals surface area contributed by atoms with Gasteiger partial charge in [0.25, 0.3) is 6.04 Å². The molecule has 4 N–H and O–H groups in total. The van der Waals surface area contributed by atoms with Gasteiger partial charge in [-0.25, -0.2) is 9.38 Å². The van der Waals surface area contributed by atoms with Gasteiger partial charge in [0.15, 0.2) is 5.84 Å². The van der Waals surface area contributed by atoms with E-state index in [2.05, 4.69) is 9.89 Å². The molecule has 0 amide bonds. The van der Waals surface area contributed by atoms with Gasteiger partial charge in [0.2, 0.25) is 0 Å². The number of nitro groups is 1. The van der Waals surface area contributed by atoms with Crippen LogP contribution in [0.2, 0.25) is 0 Å². The molecular formula is C18H24FN5O3. The van der Waals surface area contributed by atoms with Crippen LogP contribution in [0.3, 0.4) is 0 Å². The topological polar surface area (TPSA) is 120 Å². The first kappa shape index (κ1) is 19.2. The van der Waals surface area contributed by atoms with Crippen molar-refractivity contribution in [3.8, 4) is 5.75 Å². The number of hydrogen-bond donors (Lipinski definition) is 2. The second-order valence-corrected chi connectivity index (χ2v) is 7.07. The molecule has 1 aromatic carbocycles. The van der Waals surface area contributed by atoms with E-state index in [1.165, 1.54) is 19.4 Å². The predicted octanol–water partition coefficient (Wildman–Crippen LogP) is 1.27. The lowest BCUT2D eigenvalue weighted by atomic mass is 9.72. The van der Waals surface area contributed by atoms with Crippen molar-refractivity contribution < 1.29 is 14.1 Å². The summed E-state index contributed by atoms with van der Waals surface area (Å²) >= 11 is 0. The molecule has 27 heavy (non-hydrogen) atoms. The van der Waals surface area contributed by atoms with Gasteiger partial charge in [-0.3, -0.25) is 15.0 Å². The smallest absolute Gasteiger partial charge is 0.290 e. The van der Waals surface area contributed by atoms with E-state index in [4.69, 9.17) is 16.2 Å². The van der Waals surface area contributed by atoms with Crippen molar-refractivity contribution in [3.05, 3.63) is 52.0 Å². The third kappa shape index (κ3) is 3.79. The van der Waals surface area contributed by atoms with Crippen LogP contribution in [0.5, 0.6) is 5.75 Å². The number of amidine groups is 1. The molecule has 0 spiro atoms. The molecule has 2 atom stereocenters. The highest BCUT2D eigenvalue weighted by atomic mass is 19.1. The summed E-state index contributed by atoms with van der Waals surface area (Å²) in [6.07, 6.45) is 4.38. The van der Waals surface area contributed by atoms with Gasteiger partial charge in [-0.15, -0.1) is 0 Å². The number of benzene rings is 1. The fourth-order valence-electron chi connectivity index (χ4n) is 3.94. The summed E-state index contributed by atoms with van der Waals surface area (Å²) in [4.78, 5) is 17.0. The summed E-state index contributed by atoms with van der Waals surface area (Å²) in [6.45, 7) is 1.81. The molecule has 2 aliphatic heterocycles. The van der Waals surface area contributed by atoms with Gasteiger partial charge in [0, 0.05) is 29.3 Å². The van der Waals surface area contributed by atoms with Crippen LogP contribution >= 0.6 is 0 Å². The lowest BCUT2D eigenvalue weighted by Gasteiger charge is -2.42. The Morgan fingerprint density at radius 2 is 2.15 bits per heavy atom. The minimum Gasteiger partial charge on any atom is -0.497 e. The Kier molecular flexibility index (Phi) is 5.43. The van der Waals surface area contributed by atoms with Crippen LogP contribution in [0, 0.1) is 21.8 Å². The molecule has 1 fully saturated rings. The Labute approximate surface area is 156 Å². The van der Waals surface area contributed by atoms with Gasteiger partial charge >= 0.3 is 0 Å². The van der Waals surface area contributed by atoms with Gasteiger partial charge in [-0.05, 0) is 44.0 Å². The molecule has 1 saturated heterocycles. The first-order chi connectivity index (χ1) is 12.8. The van der Waals surface area contributed by atoms with E-state index in [0.29, 0.717) is 43.8 Å². The normalized spacial score (nSPS) is 26.6. The first-order valence-electron chi connectivity index (χ1n) is 8.83. The zero-order valence-electron chi connectivity index (χ0n) is 15.2. The molecule has 8 nitrogen and oxygen atoms in total. The predicted molar refractivity (Wildman–Crippen MR) is 99.4 cm³/mol. The maximum Gasteiger partial charge on any atom is 0.290 e. The minimum absolute atomic E-state index is 0.0623. The summed E-state index contributed by atoms with van der Waals surface area (Å²) in [7, 11) is 1.50. The van der Waals surface area contributed by atoms with Crippen molar-refractivity contribution in [3.63, 3.8) is 0 Å². The minimum atomic E-state index is -1.22. The highest BCUT2D eigenvalue weighted by molar-refractivity contribution is 5.88. The molecule has 2 aliphatic rings. The molecule has 2 heterocycles. The van der Waals surface area contributed by atoms with E-state index in [1.807, 2.05) is 0 Å². The molecule has 0 aliphatic carbocycles. The third-order valence-electron chi connectivity index (χ3n) is 5.50. The largest absolute Gasteiger partial charge is 0.497 e. The van der Waals surface area contributed by atoms with Crippen LogP contribution in [0.4, 0.5) is 4.39 Å². The van der Waals surface area contributed by atoms with Crippen molar-refractivity contribution >= 4 is 5.84 Å². The Hall–Kier alpha value is -2.52. The molecule has 0 aromatic heterocycles. The Morgan fingerprint density at radius 3 is 2.74 bits per heavy atom. The number of ether oxygens (including phenoxy) is 1. The maximum atomic E-state index is 14.2. The molecular weight excluding hydrogens is 353 g/mol. The van der Waals surface area contributed by atoms with E-state index in [-0.39, 0.29) is 17.6 Å². The summed E-state index contributed by atoms with van der Waals surface area (Å²) in [6, 6.07) is 3.59. The van der Waals surface area contributed by atoms with E-state index < -0.39 is 16.5 Å². The fraction of sp³-hybridized carbons (Fsp3) is 0.500. The van der Waals surface area contributed by atoms with Crippen LogP contribution in [0.1, 0.15) is 18.4 Å². The number of rotatable bonds is 5. The third-order valence-corrected chi connectivity index (χ3v) is 5.50. The standard InChI is InChI=1S/C18H24FN5O3/c1-27-14-3-2-12(15(19)10-14)11-23-8-4-13(5-9-23)18(21)6-7-22-17(20)16(18)24(25)26/h2-3,6-7,10,13,16H,4-5,8-9,11,21H2,1H3,(H2,20,22). The van der Waals surface area contributed by atoms with E-state index >= 15 is 0 Å². The average molecular weight is 377 g/mol. The highest BCUT2D eigenvalue weighted by Gasteiger charge is 2.51. The Balaban J connectivity index is 1.66. The van der Waals surface area contributed by atoms with Crippen LogP contribution < -0.4 is 16.2 Å². The fourth-order valence-corrected chi connectivity index (χ4v) is 3.94. The Morgan fingerprint density at radius 1 is 1.44 bits per heavy atom.